The first-order chi connectivity index (χ1) is 10.1. The van der Waals surface area contributed by atoms with Crippen molar-refractivity contribution < 1.29 is 13.2 Å². The van der Waals surface area contributed by atoms with Crippen molar-refractivity contribution in [1.82, 2.24) is 9.62 Å². The highest BCUT2D eigenvalue weighted by Crippen LogP contribution is 2.33. The molecule has 1 aliphatic carbocycles. The summed E-state index contributed by atoms with van der Waals surface area (Å²) in [4.78, 5) is 0.384. The summed E-state index contributed by atoms with van der Waals surface area (Å²) in [5.41, 5.74) is 1.08. The van der Waals surface area contributed by atoms with E-state index in [-0.39, 0.29) is 12.1 Å². The molecule has 1 N–H and O–H groups in total. The second kappa shape index (κ2) is 6.04. The zero-order valence-corrected chi connectivity index (χ0v) is 13.1. The van der Waals surface area contributed by atoms with Gasteiger partial charge in [-0.05, 0) is 44.0 Å². The Bertz CT molecular complexity index is 585. The molecular formula is C15H22N2O3S. The van der Waals surface area contributed by atoms with Gasteiger partial charge in [-0.15, -0.1) is 0 Å². The summed E-state index contributed by atoms with van der Waals surface area (Å²) in [7, 11) is -1.54. The van der Waals surface area contributed by atoms with Gasteiger partial charge in [-0.1, -0.05) is 12.1 Å². The second-order valence-corrected chi connectivity index (χ2v) is 7.59. The lowest BCUT2D eigenvalue weighted by atomic mass is 10.2. The first kappa shape index (κ1) is 15.0. The van der Waals surface area contributed by atoms with Gasteiger partial charge in [0.2, 0.25) is 10.0 Å². The highest BCUT2D eigenvalue weighted by Gasteiger charge is 2.42. The maximum Gasteiger partial charge on any atom is 0.243 e. The van der Waals surface area contributed by atoms with Gasteiger partial charge in [0, 0.05) is 13.1 Å². The van der Waals surface area contributed by atoms with Crippen molar-refractivity contribution in [2.24, 2.45) is 0 Å². The standard InChI is InChI=1S/C15H22N2O3S/c1-16-11-12-5-7-13(8-6-12)21(18,19)17-9-10-20-15-4-2-3-14(15)17/h5-8,14-16H,2-4,9-11H2,1H3. The van der Waals surface area contributed by atoms with E-state index in [0.717, 1.165) is 31.4 Å². The van der Waals surface area contributed by atoms with Crippen LogP contribution in [0.5, 0.6) is 0 Å². The normalized spacial score (nSPS) is 26.7. The Morgan fingerprint density at radius 3 is 2.76 bits per heavy atom. The SMILES string of the molecule is CNCc1ccc(S(=O)(=O)N2CCOC3CCCC32)cc1. The van der Waals surface area contributed by atoms with Gasteiger partial charge in [-0.25, -0.2) is 8.42 Å². The average molecular weight is 310 g/mol. The van der Waals surface area contributed by atoms with Crippen molar-refractivity contribution in [2.75, 3.05) is 20.2 Å². The van der Waals surface area contributed by atoms with Crippen LogP contribution in [0.3, 0.4) is 0 Å². The highest BCUT2D eigenvalue weighted by molar-refractivity contribution is 7.89. The molecule has 2 aliphatic rings. The van der Waals surface area contributed by atoms with Crippen molar-refractivity contribution >= 4 is 10.0 Å². The van der Waals surface area contributed by atoms with Gasteiger partial charge < -0.3 is 10.1 Å². The summed E-state index contributed by atoms with van der Waals surface area (Å²) in [6.07, 6.45) is 3.00. The van der Waals surface area contributed by atoms with Crippen molar-refractivity contribution in [3.8, 4) is 0 Å². The Morgan fingerprint density at radius 1 is 1.29 bits per heavy atom. The van der Waals surface area contributed by atoms with E-state index in [1.165, 1.54) is 0 Å². The van der Waals surface area contributed by atoms with E-state index in [9.17, 15) is 8.42 Å². The van der Waals surface area contributed by atoms with Crippen LogP contribution in [0.4, 0.5) is 0 Å². The minimum absolute atomic E-state index is 0.0146. The Balaban J connectivity index is 1.85. The van der Waals surface area contributed by atoms with Crippen molar-refractivity contribution in [3.05, 3.63) is 29.8 Å². The van der Waals surface area contributed by atoms with E-state index < -0.39 is 10.0 Å². The van der Waals surface area contributed by atoms with Crippen LogP contribution in [-0.2, 0) is 21.3 Å². The van der Waals surface area contributed by atoms with Crippen molar-refractivity contribution in [3.63, 3.8) is 0 Å². The molecule has 0 aromatic heterocycles. The molecule has 2 fully saturated rings. The van der Waals surface area contributed by atoms with Crippen LogP contribution in [0, 0.1) is 0 Å². The maximum absolute atomic E-state index is 12.9. The molecular weight excluding hydrogens is 288 g/mol. The molecule has 21 heavy (non-hydrogen) atoms. The van der Waals surface area contributed by atoms with Crippen LogP contribution >= 0.6 is 0 Å². The monoisotopic (exact) mass is 310 g/mol. The molecule has 0 bridgehead atoms. The van der Waals surface area contributed by atoms with Crippen LogP contribution in [0.15, 0.2) is 29.2 Å². The number of hydrogen-bond acceptors (Lipinski definition) is 4. The van der Waals surface area contributed by atoms with E-state index in [1.807, 2.05) is 19.2 Å². The van der Waals surface area contributed by atoms with E-state index >= 15 is 0 Å². The summed E-state index contributed by atoms with van der Waals surface area (Å²) < 4.78 is 33.1. The fourth-order valence-corrected chi connectivity index (χ4v) is 4.97. The Morgan fingerprint density at radius 2 is 2.05 bits per heavy atom. The molecule has 0 radical (unpaired) electrons. The molecule has 0 spiro atoms. The first-order valence-electron chi connectivity index (χ1n) is 7.50. The Hall–Kier alpha value is -0.950. The number of ether oxygens (including phenoxy) is 1. The molecule has 3 rings (SSSR count). The Labute approximate surface area is 126 Å². The van der Waals surface area contributed by atoms with Crippen LogP contribution in [0.1, 0.15) is 24.8 Å². The lowest BCUT2D eigenvalue weighted by Gasteiger charge is -2.36. The fraction of sp³-hybridized carbons (Fsp3) is 0.600. The van der Waals surface area contributed by atoms with Crippen molar-refractivity contribution in [1.29, 1.82) is 0 Å². The number of fused-ring (bicyclic) bond motifs is 1. The fourth-order valence-electron chi connectivity index (χ4n) is 3.31. The zero-order chi connectivity index (χ0) is 14.9. The molecule has 1 aromatic rings. The minimum Gasteiger partial charge on any atom is -0.375 e. The van der Waals surface area contributed by atoms with Gasteiger partial charge in [0.25, 0.3) is 0 Å². The number of rotatable bonds is 4. The van der Waals surface area contributed by atoms with Gasteiger partial charge >= 0.3 is 0 Å². The largest absolute Gasteiger partial charge is 0.375 e. The molecule has 116 valence electrons. The van der Waals surface area contributed by atoms with Gasteiger partial charge in [0.05, 0.1) is 23.6 Å². The third kappa shape index (κ3) is 2.85. The number of sulfonamides is 1. The predicted molar refractivity (Wildman–Crippen MR) is 80.5 cm³/mol. The van der Waals surface area contributed by atoms with Crippen LogP contribution in [-0.4, -0.2) is 45.1 Å². The first-order valence-corrected chi connectivity index (χ1v) is 8.94. The van der Waals surface area contributed by atoms with Crippen LogP contribution in [0.2, 0.25) is 0 Å². The minimum atomic E-state index is -3.42. The van der Waals surface area contributed by atoms with E-state index in [4.69, 9.17) is 4.74 Å². The van der Waals surface area contributed by atoms with E-state index in [0.29, 0.717) is 18.0 Å². The number of nitrogens with zero attached hydrogens (tertiary/aromatic N) is 1. The van der Waals surface area contributed by atoms with E-state index in [2.05, 4.69) is 5.32 Å². The van der Waals surface area contributed by atoms with Gasteiger partial charge in [0.15, 0.2) is 0 Å². The third-order valence-electron chi connectivity index (χ3n) is 4.34. The quantitative estimate of drug-likeness (QED) is 0.912. The molecule has 1 aliphatic heterocycles. The number of nitrogens with one attached hydrogen (secondary N) is 1. The molecule has 5 nitrogen and oxygen atoms in total. The Kier molecular flexibility index (Phi) is 4.31. The molecule has 1 aromatic carbocycles. The molecule has 1 heterocycles. The molecule has 2 unspecified atom stereocenters. The van der Waals surface area contributed by atoms with E-state index in [1.54, 1.807) is 16.4 Å². The molecule has 1 saturated carbocycles. The highest BCUT2D eigenvalue weighted by atomic mass is 32.2. The smallest absolute Gasteiger partial charge is 0.243 e. The van der Waals surface area contributed by atoms with Gasteiger partial charge in [0.1, 0.15) is 0 Å². The topological polar surface area (TPSA) is 58.6 Å². The third-order valence-corrected chi connectivity index (χ3v) is 6.28. The lowest BCUT2D eigenvalue weighted by molar-refractivity contribution is -0.0241. The van der Waals surface area contributed by atoms with Gasteiger partial charge in [-0.2, -0.15) is 4.31 Å². The number of hydrogen-bond donors (Lipinski definition) is 1. The summed E-state index contributed by atoms with van der Waals surface area (Å²) >= 11 is 0. The predicted octanol–water partition coefficient (Wildman–Crippen LogP) is 1.35. The van der Waals surface area contributed by atoms with Crippen molar-refractivity contribution in [2.45, 2.75) is 42.8 Å². The summed E-state index contributed by atoms with van der Waals surface area (Å²) in [5.74, 6) is 0. The molecule has 1 saturated heterocycles. The summed E-state index contributed by atoms with van der Waals surface area (Å²) in [6, 6.07) is 7.18. The summed E-state index contributed by atoms with van der Waals surface area (Å²) in [5, 5.41) is 3.06. The maximum atomic E-state index is 12.9. The van der Waals surface area contributed by atoms with Gasteiger partial charge in [-0.3, -0.25) is 0 Å². The number of benzene rings is 1. The molecule has 0 amide bonds. The second-order valence-electron chi connectivity index (χ2n) is 5.70. The number of morpholine rings is 1. The molecule has 6 heteroatoms. The summed E-state index contributed by atoms with van der Waals surface area (Å²) in [6.45, 7) is 1.70. The molecule has 2 atom stereocenters. The lowest BCUT2D eigenvalue weighted by Crippen LogP contribution is -2.51. The zero-order valence-electron chi connectivity index (χ0n) is 12.3. The average Bonchev–Trinajstić information content (AvgIpc) is 2.96. The van der Waals surface area contributed by atoms with Crippen LogP contribution in [0.25, 0.3) is 0 Å². The van der Waals surface area contributed by atoms with Crippen LogP contribution < -0.4 is 5.32 Å².